The van der Waals surface area contributed by atoms with Crippen molar-refractivity contribution in [2.45, 2.75) is 25.7 Å². The summed E-state index contributed by atoms with van der Waals surface area (Å²) in [7, 11) is 0. The molecule has 31 heavy (non-hydrogen) atoms. The largest absolute Gasteiger partial charge is 0.507 e. The van der Waals surface area contributed by atoms with Gasteiger partial charge >= 0.3 is 6.18 Å². The molecule has 3 aromatic rings. The van der Waals surface area contributed by atoms with Gasteiger partial charge in [0.2, 0.25) is 0 Å². The van der Waals surface area contributed by atoms with E-state index in [1.54, 1.807) is 0 Å². The highest BCUT2D eigenvalue weighted by Crippen LogP contribution is 2.34. The van der Waals surface area contributed by atoms with Gasteiger partial charge in [-0.15, -0.1) is 0 Å². The average molecular weight is 433 g/mol. The van der Waals surface area contributed by atoms with E-state index in [0.717, 1.165) is 18.2 Å². The number of rotatable bonds is 3. The standard InChI is InChI=1S/C21H18F3N3O4/c22-21(23,24)13-3-1-11(2-4-13)19-25-15-10-27(6-5-14(15)20(31)26-19)9-12-7-17(29)18(30)8-16(12)28/h1-4,7-8,28-30H,5-6,9-10H2,(H,25,26,31). The minimum Gasteiger partial charge on any atom is -0.507 e. The number of hydrogen-bond acceptors (Lipinski definition) is 6. The smallest absolute Gasteiger partial charge is 0.416 e. The first-order chi connectivity index (χ1) is 14.6. The van der Waals surface area contributed by atoms with E-state index in [2.05, 4.69) is 9.97 Å². The summed E-state index contributed by atoms with van der Waals surface area (Å²) in [6, 6.07) is 6.69. The molecular weight excluding hydrogens is 415 g/mol. The van der Waals surface area contributed by atoms with E-state index in [4.69, 9.17) is 0 Å². The lowest BCUT2D eigenvalue weighted by molar-refractivity contribution is -0.137. The zero-order valence-corrected chi connectivity index (χ0v) is 16.1. The van der Waals surface area contributed by atoms with Gasteiger partial charge in [-0.3, -0.25) is 9.69 Å². The monoisotopic (exact) mass is 433 g/mol. The summed E-state index contributed by atoms with van der Waals surface area (Å²) in [5, 5.41) is 29.1. The number of aromatic nitrogens is 2. The fourth-order valence-electron chi connectivity index (χ4n) is 3.56. The van der Waals surface area contributed by atoms with Gasteiger partial charge in [-0.05, 0) is 24.6 Å². The second-order valence-corrected chi connectivity index (χ2v) is 7.35. The zero-order valence-electron chi connectivity index (χ0n) is 16.1. The quantitative estimate of drug-likeness (QED) is 0.373. The number of phenolic OH excluding ortho intramolecular Hbond substituents is 3. The SMILES string of the molecule is O=c1[nH]c(-c2ccc(C(F)(F)F)cc2)nc2c1CCN(Cc1cc(O)c(O)cc1O)C2. The van der Waals surface area contributed by atoms with E-state index in [9.17, 15) is 33.3 Å². The van der Waals surface area contributed by atoms with Crippen molar-refractivity contribution in [2.75, 3.05) is 6.54 Å². The van der Waals surface area contributed by atoms with Crippen LogP contribution in [0.25, 0.3) is 11.4 Å². The first kappa shape index (κ1) is 20.7. The van der Waals surface area contributed by atoms with Crippen LogP contribution in [0.15, 0.2) is 41.2 Å². The maximum absolute atomic E-state index is 12.8. The van der Waals surface area contributed by atoms with Gasteiger partial charge in [0, 0.05) is 42.4 Å². The molecule has 0 saturated heterocycles. The number of alkyl halides is 3. The van der Waals surface area contributed by atoms with Gasteiger partial charge in [0.1, 0.15) is 11.6 Å². The molecule has 162 valence electrons. The lowest BCUT2D eigenvalue weighted by Gasteiger charge is -2.28. The number of hydrogen-bond donors (Lipinski definition) is 4. The Hall–Kier alpha value is -3.53. The summed E-state index contributed by atoms with van der Waals surface area (Å²) in [5.41, 5.74) is 0.610. The van der Waals surface area contributed by atoms with Crippen LogP contribution < -0.4 is 5.56 Å². The Morgan fingerprint density at radius 2 is 1.71 bits per heavy atom. The van der Waals surface area contributed by atoms with Crippen LogP contribution in [0, 0.1) is 0 Å². The molecule has 0 unspecified atom stereocenters. The molecule has 0 radical (unpaired) electrons. The second kappa shape index (κ2) is 7.62. The van der Waals surface area contributed by atoms with Crippen molar-refractivity contribution < 1.29 is 28.5 Å². The van der Waals surface area contributed by atoms with Gasteiger partial charge < -0.3 is 20.3 Å². The Balaban J connectivity index is 1.60. The molecule has 0 amide bonds. The van der Waals surface area contributed by atoms with Crippen LogP contribution in [-0.2, 0) is 25.7 Å². The van der Waals surface area contributed by atoms with Crippen LogP contribution in [0.5, 0.6) is 17.2 Å². The summed E-state index contributed by atoms with van der Waals surface area (Å²) in [5.74, 6) is -0.793. The molecule has 0 aliphatic carbocycles. The molecule has 1 aliphatic rings. The molecule has 10 heteroatoms. The fourth-order valence-corrected chi connectivity index (χ4v) is 3.56. The van der Waals surface area contributed by atoms with E-state index in [0.29, 0.717) is 35.3 Å². The Kier molecular flexibility index (Phi) is 5.10. The molecule has 4 N–H and O–H groups in total. The van der Waals surface area contributed by atoms with Crippen LogP contribution in [-0.4, -0.2) is 36.7 Å². The lowest BCUT2D eigenvalue weighted by Crippen LogP contribution is -2.35. The van der Waals surface area contributed by atoms with Gasteiger partial charge in [0.25, 0.3) is 5.56 Å². The van der Waals surface area contributed by atoms with Crippen molar-refractivity contribution >= 4 is 0 Å². The first-order valence-corrected chi connectivity index (χ1v) is 9.37. The topological polar surface area (TPSA) is 110 Å². The Bertz CT molecular complexity index is 1190. The molecule has 2 aromatic carbocycles. The number of fused-ring (bicyclic) bond motifs is 1. The molecule has 7 nitrogen and oxygen atoms in total. The van der Waals surface area contributed by atoms with Crippen molar-refractivity contribution in [2.24, 2.45) is 0 Å². The Morgan fingerprint density at radius 1 is 1.03 bits per heavy atom. The molecular formula is C21H18F3N3O4. The summed E-state index contributed by atoms with van der Waals surface area (Å²) in [6.07, 6.45) is -4.06. The van der Waals surface area contributed by atoms with Crippen molar-refractivity contribution in [1.82, 2.24) is 14.9 Å². The van der Waals surface area contributed by atoms with Gasteiger partial charge in [-0.1, -0.05) is 12.1 Å². The van der Waals surface area contributed by atoms with E-state index >= 15 is 0 Å². The maximum atomic E-state index is 12.8. The summed E-state index contributed by atoms with van der Waals surface area (Å²) in [6.45, 7) is 1.01. The van der Waals surface area contributed by atoms with Gasteiger partial charge in [-0.25, -0.2) is 4.98 Å². The molecule has 0 saturated carbocycles. The molecule has 0 spiro atoms. The van der Waals surface area contributed by atoms with Crippen LogP contribution in [0.1, 0.15) is 22.4 Å². The Morgan fingerprint density at radius 3 is 2.39 bits per heavy atom. The second-order valence-electron chi connectivity index (χ2n) is 7.35. The number of nitrogens with one attached hydrogen (secondary N) is 1. The third-order valence-corrected chi connectivity index (χ3v) is 5.21. The number of aromatic hydroxyl groups is 3. The number of benzene rings is 2. The van der Waals surface area contributed by atoms with E-state index in [-0.39, 0.29) is 36.0 Å². The van der Waals surface area contributed by atoms with Crippen molar-refractivity contribution in [1.29, 1.82) is 0 Å². The minimum atomic E-state index is -4.45. The summed E-state index contributed by atoms with van der Waals surface area (Å²) >= 11 is 0. The lowest BCUT2D eigenvalue weighted by atomic mass is 10.0. The Labute approximate surface area is 174 Å². The minimum absolute atomic E-state index is 0.171. The normalized spacial score (nSPS) is 14.4. The van der Waals surface area contributed by atoms with Crippen molar-refractivity contribution in [3.63, 3.8) is 0 Å². The predicted octanol–water partition coefficient (Wildman–Crippen LogP) is 3.13. The highest BCUT2D eigenvalue weighted by Gasteiger charge is 2.30. The van der Waals surface area contributed by atoms with Gasteiger partial charge in [0.15, 0.2) is 11.5 Å². The van der Waals surface area contributed by atoms with Gasteiger partial charge in [0.05, 0.1) is 11.3 Å². The van der Waals surface area contributed by atoms with E-state index in [1.165, 1.54) is 18.2 Å². The third-order valence-electron chi connectivity index (χ3n) is 5.21. The van der Waals surface area contributed by atoms with Crippen LogP contribution >= 0.6 is 0 Å². The average Bonchev–Trinajstić information content (AvgIpc) is 2.71. The van der Waals surface area contributed by atoms with Crippen LogP contribution in [0.4, 0.5) is 13.2 Å². The number of H-pyrrole nitrogens is 1. The number of aromatic amines is 1. The van der Waals surface area contributed by atoms with Crippen molar-refractivity contribution in [3.05, 3.63) is 69.1 Å². The third kappa shape index (κ3) is 4.19. The molecule has 0 atom stereocenters. The number of nitrogens with zero attached hydrogens (tertiary/aromatic N) is 2. The highest BCUT2D eigenvalue weighted by molar-refractivity contribution is 5.56. The van der Waals surface area contributed by atoms with Gasteiger partial charge in [-0.2, -0.15) is 13.2 Å². The summed E-state index contributed by atoms with van der Waals surface area (Å²) < 4.78 is 38.3. The van der Waals surface area contributed by atoms with Crippen molar-refractivity contribution in [3.8, 4) is 28.6 Å². The van der Waals surface area contributed by atoms with Crippen LogP contribution in [0.2, 0.25) is 0 Å². The van der Waals surface area contributed by atoms with E-state index in [1.807, 2.05) is 4.90 Å². The first-order valence-electron chi connectivity index (χ1n) is 9.37. The highest BCUT2D eigenvalue weighted by atomic mass is 19.4. The van der Waals surface area contributed by atoms with E-state index < -0.39 is 17.5 Å². The number of halogens is 3. The molecule has 2 heterocycles. The summed E-state index contributed by atoms with van der Waals surface area (Å²) in [4.78, 5) is 21.5. The maximum Gasteiger partial charge on any atom is 0.416 e. The van der Waals surface area contributed by atoms with Crippen LogP contribution in [0.3, 0.4) is 0 Å². The molecule has 1 aliphatic heterocycles. The number of phenols is 3. The molecule has 0 fully saturated rings. The molecule has 1 aromatic heterocycles. The molecule has 4 rings (SSSR count). The zero-order chi connectivity index (χ0) is 22.3. The predicted molar refractivity (Wildman–Crippen MR) is 105 cm³/mol. The fraction of sp³-hybridized carbons (Fsp3) is 0.238. The molecule has 0 bridgehead atoms.